The van der Waals surface area contributed by atoms with Gasteiger partial charge in [-0.15, -0.1) is 0 Å². The maximum atomic E-state index is 12.5. The van der Waals surface area contributed by atoms with Gasteiger partial charge in [-0.1, -0.05) is 0 Å². The van der Waals surface area contributed by atoms with Gasteiger partial charge in [0.25, 0.3) is 5.91 Å². The largest absolute Gasteiger partial charge is 0.492 e. The van der Waals surface area contributed by atoms with Gasteiger partial charge in [-0.2, -0.15) is 13.2 Å². The lowest BCUT2D eigenvalue weighted by atomic mass is 10.1. The number of aromatic nitrogens is 1. The topological polar surface area (TPSA) is 71.2 Å². The second kappa shape index (κ2) is 7.63. The third kappa shape index (κ3) is 4.44. The Morgan fingerprint density at radius 3 is 2.27 bits per heavy atom. The quantitative estimate of drug-likeness (QED) is 0.604. The van der Waals surface area contributed by atoms with Crippen molar-refractivity contribution in [2.24, 2.45) is 0 Å². The Bertz CT molecular complexity index is 808. The van der Waals surface area contributed by atoms with Crippen LogP contribution in [0.2, 0.25) is 0 Å². The van der Waals surface area contributed by atoms with Gasteiger partial charge in [-0.25, -0.2) is 0 Å². The van der Waals surface area contributed by atoms with Gasteiger partial charge in [0.15, 0.2) is 5.78 Å². The van der Waals surface area contributed by atoms with Crippen molar-refractivity contribution in [1.29, 1.82) is 0 Å². The zero-order valence-corrected chi connectivity index (χ0v) is 14.6. The smallest absolute Gasteiger partial charge is 0.416 e. The number of benzene rings is 1. The van der Waals surface area contributed by atoms with Crippen LogP contribution in [0.1, 0.15) is 44.6 Å². The molecular formula is C18H19F3N2O3. The molecular weight excluding hydrogens is 349 g/mol. The molecule has 2 aromatic rings. The van der Waals surface area contributed by atoms with E-state index in [0.717, 1.165) is 12.1 Å². The number of ether oxygens (including phenoxy) is 1. The number of rotatable bonds is 6. The van der Waals surface area contributed by atoms with Crippen molar-refractivity contribution < 1.29 is 27.5 Å². The van der Waals surface area contributed by atoms with Gasteiger partial charge in [0.2, 0.25) is 0 Å². The van der Waals surface area contributed by atoms with Crippen LogP contribution in [0, 0.1) is 13.8 Å². The maximum absolute atomic E-state index is 12.5. The number of alkyl halides is 3. The number of carbonyl (C=O) groups is 2. The van der Waals surface area contributed by atoms with E-state index in [9.17, 15) is 22.8 Å². The number of amides is 1. The Morgan fingerprint density at radius 1 is 1.15 bits per heavy atom. The van der Waals surface area contributed by atoms with E-state index in [4.69, 9.17) is 4.74 Å². The number of nitrogens with one attached hydrogen (secondary N) is 2. The van der Waals surface area contributed by atoms with Crippen LogP contribution in [-0.2, 0) is 6.18 Å². The number of hydrogen-bond donors (Lipinski definition) is 2. The third-order valence-corrected chi connectivity index (χ3v) is 3.85. The number of aromatic amines is 1. The summed E-state index contributed by atoms with van der Waals surface area (Å²) < 4.78 is 42.7. The fraction of sp³-hybridized carbons (Fsp3) is 0.333. The van der Waals surface area contributed by atoms with Gasteiger partial charge < -0.3 is 15.0 Å². The minimum absolute atomic E-state index is 0.0927. The number of Topliss-reactive ketones (excluding diaryl/α,β-unsaturated/α-hetero) is 1. The molecule has 0 radical (unpaired) electrons. The van der Waals surface area contributed by atoms with Crippen LogP contribution >= 0.6 is 0 Å². The third-order valence-electron chi connectivity index (χ3n) is 3.85. The molecule has 0 aliphatic carbocycles. The lowest BCUT2D eigenvalue weighted by Gasteiger charge is -2.10. The van der Waals surface area contributed by atoms with Gasteiger partial charge in [-0.3, -0.25) is 9.59 Å². The molecule has 0 atom stereocenters. The van der Waals surface area contributed by atoms with E-state index in [1.54, 1.807) is 13.8 Å². The number of halogens is 3. The summed E-state index contributed by atoms with van der Waals surface area (Å²) in [5.74, 6) is -0.229. The van der Waals surface area contributed by atoms with E-state index in [-0.39, 0.29) is 30.6 Å². The highest BCUT2D eigenvalue weighted by Gasteiger charge is 2.30. The lowest BCUT2D eigenvalue weighted by Crippen LogP contribution is -2.29. The SMILES string of the molecule is CC(=O)c1c(C)[nH]c(C(=O)NCCOc2ccc(C(F)(F)F)cc2)c1C. The molecule has 140 valence electrons. The summed E-state index contributed by atoms with van der Waals surface area (Å²) in [7, 11) is 0. The minimum atomic E-state index is -4.39. The Hall–Kier alpha value is -2.77. The number of ketones is 1. The van der Waals surface area contributed by atoms with Crippen molar-refractivity contribution in [2.45, 2.75) is 26.9 Å². The van der Waals surface area contributed by atoms with E-state index >= 15 is 0 Å². The molecule has 0 saturated carbocycles. The molecule has 0 spiro atoms. The lowest BCUT2D eigenvalue weighted by molar-refractivity contribution is -0.137. The van der Waals surface area contributed by atoms with Crippen molar-refractivity contribution in [1.82, 2.24) is 10.3 Å². The van der Waals surface area contributed by atoms with Crippen molar-refractivity contribution in [3.63, 3.8) is 0 Å². The van der Waals surface area contributed by atoms with Gasteiger partial charge in [0.1, 0.15) is 18.1 Å². The minimum Gasteiger partial charge on any atom is -0.492 e. The van der Waals surface area contributed by atoms with Crippen molar-refractivity contribution in [2.75, 3.05) is 13.2 Å². The summed E-state index contributed by atoms with van der Waals surface area (Å²) in [5.41, 5.74) is 1.26. The standard InChI is InChI=1S/C18H19F3N2O3/c1-10-15(12(3)24)11(2)23-16(10)17(25)22-8-9-26-14-6-4-13(5-7-14)18(19,20)21/h4-7,23H,8-9H2,1-3H3,(H,22,25). The first-order valence-electron chi connectivity index (χ1n) is 7.89. The fourth-order valence-corrected chi connectivity index (χ4v) is 2.67. The fourth-order valence-electron chi connectivity index (χ4n) is 2.67. The average Bonchev–Trinajstić information content (AvgIpc) is 2.85. The first-order chi connectivity index (χ1) is 12.1. The van der Waals surface area contributed by atoms with E-state index in [1.807, 2.05) is 0 Å². The van der Waals surface area contributed by atoms with Crippen LogP contribution in [0.25, 0.3) is 0 Å². The van der Waals surface area contributed by atoms with Crippen LogP contribution in [0.3, 0.4) is 0 Å². The molecule has 1 heterocycles. The Morgan fingerprint density at radius 2 is 1.77 bits per heavy atom. The predicted molar refractivity (Wildman–Crippen MR) is 89.5 cm³/mol. The zero-order chi connectivity index (χ0) is 19.5. The molecule has 0 bridgehead atoms. The molecule has 2 N–H and O–H groups in total. The van der Waals surface area contributed by atoms with E-state index < -0.39 is 11.7 Å². The summed E-state index contributed by atoms with van der Waals surface area (Å²) in [4.78, 5) is 26.7. The van der Waals surface area contributed by atoms with E-state index in [2.05, 4.69) is 10.3 Å². The summed E-state index contributed by atoms with van der Waals surface area (Å²) >= 11 is 0. The molecule has 0 unspecified atom stereocenters. The average molecular weight is 368 g/mol. The molecule has 2 rings (SSSR count). The molecule has 8 heteroatoms. The highest BCUT2D eigenvalue weighted by molar-refractivity contribution is 6.02. The van der Waals surface area contributed by atoms with Crippen LogP contribution < -0.4 is 10.1 Å². The molecule has 1 aromatic heterocycles. The monoisotopic (exact) mass is 368 g/mol. The highest BCUT2D eigenvalue weighted by Crippen LogP contribution is 2.30. The van der Waals surface area contributed by atoms with Crippen LogP contribution in [0.5, 0.6) is 5.75 Å². The molecule has 0 saturated heterocycles. The summed E-state index contributed by atoms with van der Waals surface area (Å²) in [6.45, 7) is 5.09. The number of carbonyl (C=O) groups excluding carboxylic acids is 2. The van der Waals surface area contributed by atoms with Gasteiger partial charge >= 0.3 is 6.18 Å². The summed E-state index contributed by atoms with van der Waals surface area (Å²) in [6, 6.07) is 4.31. The highest BCUT2D eigenvalue weighted by atomic mass is 19.4. The number of H-pyrrole nitrogens is 1. The summed E-state index contributed by atoms with van der Waals surface area (Å²) in [6.07, 6.45) is -4.39. The number of aryl methyl sites for hydroxylation is 1. The summed E-state index contributed by atoms with van der Waals surface area (Å²) in [5, 5.41) is 2.64. The van der Waals surface area contributed by atoms with Gasteiger partial charge in [-0.05, 0) is 50.6 Å². The van der Waals surface area contributed by atoms with E-state index in [0.29, 0.717) is 22.5 Å². The van der Waals surface area contributed by atoms with Crippen LogP contribution in [0.15, 0.2) is 24.3 Å². The maximum Gasteiger partial charge on any atom is 0.416 e. The molecule has 5 nitrogen and oxygen atoms in total. The van der Waals surface area contributed by atoms with Crippen LogP contribution in [0.4, 0.5) is 13.2 Å². The molecule has 0 fully saturated rings. The van der Waals surface area contributed by atoms with Crippen molar-refractivity contribution in [3.05, 3.63) is 52.3 Å². The van der Waals surface area contributed by atoms with E-state index in [1.165, 1.54) is 19.1 Å². The Balaban J connectivity index is 1.88. The molecule has 26 heavy (non-hydrogen) atoms. The van der Waals surface area contributed by atoms with Crippen molar-refractivity contribution >= 4 is 11.7 Å². The first-order valence-corrected chi connectivity index (χ1v) is 7.89. The normalized spacial score (nSPS) is 11.3. The second-order valence-electron chi connectivity index (χ2n) is 5.81. The van der Waals surface area contributed by atoms with Crippen molar-refractivity contribution in [3.8, 4) is 5.75 Å². The number of hydrogen-bond acceptors (Lipinski definition) is 3. The first kappa shape index (κ1) is 19.6. The Kier molecular flexibility index (Phi) is 5.74. The molecule has 1 amide bonds. The van der Waals surface area contributed by atoms with Crippen LogP contribution in [-0.4, -0.2) is 29.8 Å². The Labute approximate surface area is 148 Å². The predicted octanol–water partition coefficient (Wildman–Crippen LogP) is 3.66. The van der Waals surface area contributed by atoms with Gasteiger partial charge in [0, 0.05) is 11.3 Å². The molecule has 1 aromatic carbocycles. The second-order valence-corrected chi connectivity index (χ2v) is 5.81. The molecule has 0 aliphatic rings. The zero-order valence-electron chi connectivity index (χ0n) is 14.6. The van der Waals surface area contributed by atoms with Gasteiger partial charge in [0.05, 0.1) is 12.1 Å². The molecule has 0 aliphatic heterocycles.